The molecule has 0 radical (unpaired) electrons. The van der Waals surface area contributed by atoms with Gasteiger partial charge in [0.15, 0.2) is 0 Å². The van der Waals surface area contributed by atoms with Crippen LogP contribution in [-0.2, 0) is 0 Å². The van der Waals surface area contributed by atoms with Crippen LogP contribution in [0.5, 0.6) is 0 Å². The van der Waals surface area contributed by atoms with Gasteiger partial charge in [-0.3, -0.25) is 0 Å². The van der Waals surface area contributed by atoms with Gasteiger partial charge < -0.3 is 0 Å². The van der Waals surface area contributed by atoms with Crippen LogP contribution in [0.25, 0.3) is 109 Å². The van der Waals surface area contributed by atoms with Crippen molar-refractivity contribution in [3.63, 3.8) is 0 Å². The van der Waals surface area contributed by atoms with Gasteiger partial charge >= 0.3 is 0 Å². The molecule has 0 aliphatic heterocycles. The van der Waals surface area contributed by atoms with Gasteiger partial charge in [0.25, 0.3) is 0 Å². The summed E-state index contributed by atoms with van der Waals surface area (Å²) in [5.41, 5.74) is 7.86. The molecule has 1 aliphatic carbocycles. The molecular weight excluding hydrogens is 553 g/mol. The van der Waals surface area contributed by atoms with Crippen molar-refractivity contribution in [1.29, 1.82) is 0 Å². The van der Waals surface area contributed by atoms with Crippen LogP contribution in [0.3, 0.4) is 0 Å². The maximum Gasteiger partial charge on any atom is -0.000785 e. The lowest BCUT2D eigenvalue weighted by molar-refractivity contribution is 1.70. The van der Waals surface area contributed by atoms with Crippen LogP contribution in [0.2, 0.25) is 0 Å². The molecule has 210 valence electrons. The highest BCUT2D eigenvalue weighted by molar-refractivity contribution is 6.37. The molecule has 46 heavy (non-hydrogen) atoms. The molecule has 0 amide bonds. The topological polar surface area (TPSA) is 0 Å². The van der Waals surface area contributed by atoms with Crippen molar-refractivity contribution >= 4 is 75.4 Å². The SMILES string of the molecule is c1ccc2c(c1)cc(-c1ccc3c4c1cc(-c1cc5ccccc5c5ccccc15)c1ccc5cccc-3c5c14)c1ccccc12. The van der Waals surface area contributed by atoms with Crippen LogP contribution in [0.4, 0.5) is 0 Å². The molecule has 0 heteroatoms. The number of hydrogen-bond donors (Lipinski definition) is 0. The predicted octanol–water partition coefficient (Wildman–Crippen LogP) is 13.1. The van der Waals surface area contributed by atoms with E-state index in [0.717, 1.165) is 0 Å². The van der Waals surface area contributed by atoms with E-state index in [-0.39, 0.29) is 0 Å². The second-order valence-electron chi connectivity index (χ2n) is 12.8. The molecule has 0 saturated carbocycles. The van der Waals surface area contributed by atoms with Gasteiger partial charge in [-0.05, 0) is 127 Å². The minimum Gasteiger partial charge on any atom is -0.0616 e. The van der Waals surface area contributed by atoms with Crippen LogP contribution in [-0.4, -0.2) is 0 Å². The Bertz CT molecular complexity index is 2960. The molecule has 1 aliphatic rings. The van der Waals surface area contributed by atoms with Gasteiger partial charge in [0, 0.05) is 0 Å². The van der Waals surface area contributed by atoms with Gasteiger partial charge in [-0.15, -0.1) is 0 Å². The van der Waals surface area contributed by atoms with E-state index >= 15 is 0 Å². The van der Waals surface area contributed by atoms with Crippen LogP contribution in [0.15, 0.2) is 158 Å². The molecule has 0 heterocycles. The van der Waals surface area contributed by atoms with E-state index in [0.29, 0.717) is 0 Å². The van der Waals surface area contributed by atoms with E-state index in [2.05, 4.69) is 158 Å². The first-order valence-electron chi connectivity index (χ1n) is 16.1. The minimum atomic E-state index is 1.27. The van der Waals surface area contributed by atoms with Crippen molar-refractivity contribution in [3.8, 4) is 33.4 Å². The number of hydrogen-bond acceptors (Lipinski definition) is 0. The molecule has 0 spiro atoms. The van der Waals surface area contributed by atoms with E-state index in [1.807, 2.05) is 0 Å². The predicted molar refractivity (Wildman–Crippen MR) is 199 cm³/mol. The van der Waals surface area contributed by atoms with Gasteiger partial charge in [-0.2, -0.15) is 0 Å². The van der Waals surface area contributed by atoms with Crippen molar-refractivity contribution in [2.45, 2.75) is 0 Å². The molecule has 0 bridgehead atoms. The smallest absolute Gasteiger partial charge is 0.000785 e. The molecule has 10 aromatic carbocycles. The summed E-state index contributed by atoms with van der Waals surface area (Å²) in [5, 5.41) is 18.4. The summed E-state index contributed by atoms with van der Waals surface area (Å²) in [6.07, 6.45) is 0. The Morgan fingerprint density at radius 3 is 1.37 bits per heavy atom. The van der Waals surface area contributed by atoms with Crippen molar-refractivity contribution in [2.24, 2.45) is 0 Å². The molecule has 0 fully saturated rings. The summed E-state index contributed by atoms with van der Waals surface area (Å²) in [7, 11) is 0. The zero-order chi connectivity index (χ0) is 29.9. The van der Waals surface area contributed by atoms with Crippen LogP contribution in [0.1, 0.15) is 0 Å². The maximum absolute atomic E-state index is 2.51. The molecule has 0 saturated heterocycles. The fourth-order valence-electron chi connectivity index (χ4n) is 8.58. The summed E-state index contributed by atoms with van der Waals surface area (Å²) in [4.78, 5) is 0. The van der Waals surface area contributed by atoms with E-state index < -0.39 is 0 Å². The normalized spacial score (nSPS) is 12.3. The Balaban J connectivity index is 1.36. The van der Waals surface area contributed by atoms with Gasteiger partial charge in [0.2, 0.25) is 0 Å². The average Bonchev–Trinajstić information content (AvgIpc) is 3.47. The first-order valence-corrected chi connectivity index (χ1v) is 16.1. The molecule has 10 aromatic rings. The largest absolute Gasteiger partial charge is 0.0616 e. The first-order chi connectivity index (χ1) is 22.8. The zero-order valence-corrected chi connectivity index (χ0v) is 25.0. The lowest BCUT2D eigenvalue weighted by atomic mass is 9.85. The van der Waals surface area contributed by atoms with E-state index in [4.69, 9.17) is 0 Å². The Labute approximate surface area is 265 Å². The van der Waals surface area contributed by atoms with Gasteiger partial charge in [-0.25, -0.2) is 0 Å². The number of rotatable bonds is 2. The molecule has 0 atom stereocenters. The Morgan fingerprint density at radius 1 is 0.196 bits per heavy atom. The third-order valence-electron chi connectivity index (χ3n) is 10.5. The average molecular weight is 579 g/mol. The Kier molecular flexibility index (Phi) is 4.66. The fourth-order valence-corrected chi connectivity index (χ4v) is 8.58. The quantitative estimate of drug-likeness (QED) is 0.179. The molecule has 0 aromatic heterocycles. The van der Waals surface area contributed by atoms with Crippen LogP contribution >= 0.6 is 0 Å². The second-order valence-corrected chi connectivity index (χ2v) is 12.8. The van der Waals surface area contributed by atoms with Crippen LogP contribution in [0, 0.1) is 0 Å². The molecule has 0 N–H and O–H groups in total. The highest BCUT2D eigenvalue weighted by atomic mass is 14.3. The summed E-state index contributed by atoms with van der Waals surface area (Å²) < 4.78 is 0. The Hall–Kier alpha value is -5.98. The van der Waals surface area contributed by atoms with Crippen molar-refractivity contribution in [1.82, 2.24) is 0 Å². The van der Waals surface area contributed by atoms with E-state index in [1.54, 1.807) is 0 Å². The van der Waals surface area contributed by atoms with E-state index in [1.165, 1.54) is 109 Å². The van der Waals surface area contributed by atoms with Crippen molar-refractivity contribution in [3.05, 3.63) is 158 Å². The summed E-state index contributed by atoms with van der Waals surface area (Å²) in [6.45, 7) is 0. The van der Waals surface area contributed by atoms with E-state index in [9.17, 15) is 0 Å². The molecule has 0 unspecified atom stereocenters. The lowest BCUT2D eigenvalue weighted by Gasteiger charge is -2.18. The standard InChI is InChI=1S/C46H26/c1-3-13-30-28(10-1)24-40(34-17-7-5-15-32(30)34)36-22-23-38-37-19-9-12-27-20-21-39-42(26-43(36)45(38)46(39)44(27)37)41-25-29-11-2-4-14-31(29)33-16-6-8-18-35(33)41/h1-26H. The van der Waals surface area contributed by atoms with Gasteiger partial charge in [-0.1, -0.05) is 140 Å². The van der Waals surface area contributed by atoms with Gasteiger partial charge in [0.1, 0.15) is 0 Å². The lowest BCUT2D eigenvalue weighted by Crippen LogP contribution is -1.90. The highest BCUT2D eigenvalue weighted by Gasteiger charge is 2.25. The van der Waals surface area contributed by atoms with Crippen LogP contribution < -0.4 is 0 Å². The number of benzene rings is 10. The first kappa shape index (κ1) is 24.4. The summed E-state index contributed by atoms with van der Waals surface area (Å²) in [6, 6.07) is 59.0. The van der Waals surface area contributed by atoms with Crippen molar-refractivity contribution in [2.75, 3.05) is 0 Å². The second kappa shape index (κ2) is 8.81. The third-order valence-corrected chi connectivity index (χ3v) is 10.5. The minimum absolute atomic E-state index is 1.27. The van der Waals surface area contributed by atoms with Crippen molar-refractivity contribution < 1.29 is 0 Å². The summed E-state index contributed by atoms with van der Waals surface area (Å²) in [5.74, 6) is 0. The summed E-state index contributed by atoms with van der Waals surface area (Å²) >= 11 is 0. The monoisotopic (exact) mass is 578 g/mol. The maximum atomic E-state index is 2.51. The third kappa shape index (κ3) is 3.08. The Morgan fingerprint density at radius 2 is 0.696 bits per heavy atom. The molecule has 0 nitrogen and oxygen atoms in total. The number of fused-ring (bicyclic) bond motifs is 7. The zero-order valence-electron chi connectivity index (χ0n) is 25.0. The molecule has 11 rings (SSSR count). The fraction of sp³-hybridized carbons (Fsp3) is 0. The molecular formula is C46H26. The highest BCUT2D eigenvalue weighted by Crippen LogP contribution is 2.53. The van der Waals surface area contributed by atoms with Gasteiger partial charge in [0.05, 0.1) is 0 Å².